The molecule has 1 N–H and O–H groups in total. The lowest BCUT2D eigenvalue weighted by molar-refractivity contribution is -0.138. The maximum absolute atomic E-state index is 13.0. The second kappa shape index (κ2) is 8.52. The molecule has 1 unspecified atom stereocenters. The van der Waals surface area contributed by atoms with E-state index < -0.39 is 12.0 Å². The van der Waals surface area contributed by atoms with Gasteiger partial charge in [0.05, 0.1) is 23.7 Å². The Kier molecular flexibility index (Phi) is 5.81. The van der Waals surface area contributed by atoms with E-state index in [4.69, 9.17) is 4.74 Å². The number of esters is 1. The molecule has 0 spiro atoms. The highest BCUT2D eigenvalue weighted by atomic mass is 32.2. The van der Waals surface area contributed by atoms with Crippen molar-refractivity contribution in [2.45, 2.75) is 45.2 Å². The Morgan fingerprint density at radius 2 is 2.03 bits per heavy atom. The Hall–Kier alpha value is -2.80. The summed E-state index contributed by atoms with van der Waals surface area (Å²) >= 11 is 1.48. The van der Waals surface area contributed by atoms with Crippen LogP contribution in [0.1, 0.15) is 43.4 Å². The van der Waals surface area contributed by atoms with Crippen LogP contribution in [0, 0.1) is 6.92 Å². The summed E-state index contributed by atoms with van der Waals surface area (Å²) in [5.41, 5.74) is 4.04. The molecule has 0 radical (unpaired) electrons. The van der Waals surface area contributed by atoms with Gasteiger partial charge in [0.1, 0.15) is 6.61 Å². The molecule has 1 fully saturated rings. The Morgan fingerprint density at radius 1 is 1.30 bits per heavy atom. The second-order valence-corrected chi connectivity index (χ2v) is 8.55. The molecule has 0 bridgehead atoms. The number of carbonyl (C=O) groups excluding carboxylic acids is 2. The number of amidine groups is 1. The first-order valence-corrected chi connectivity index (χ1v) is 10.9. The van der Waals surface area contributed by atoms with Crippen LogP contribution >= 0.6 is 11.8 Å². The topological polar surface area (TPSA) is 71.0 Å². The minimum Gasteiger partial charge on any atom is -0.458 e. The number of hydrogen-bond donors (Lipinski definition) is 1. The normalized spacial score (nSPS) is 20.3. The molecular weight excluding hydrogens is 398 g/mol. The van der Waals surface area contributed by atoms with Crippen LogP contribution < -0.4 is 5.32 Å². The van der Waals surface area contributed by atoms with Crippen LogP contribution in [0.2, 0.25) is 0 Å². The van der Waals surface area contributed by atoms with Gasteiger partial charge in [0.2, 0.25) is 5.91 Å². The molecule has 1 amide bonds. The van der Waals surface area contributed by atoms with Crippen LogP contribution in [0.15, 0.2) is 64.3 Å². The number of fused-ring (bicyclic) bond motifs is 1. The highest BCUT2D eigenvalue weighted by Crippen LogP contribution is 2.44. The van der Waals surface area contributed by atoms with E-state index >= 15 is 0 Å². The molecule has 2 heterocycles. The molecule has 0 saturated heterocycles. The number of carbonyl (C=O) groups is 2. The molecule has 2 aliphatic heterocycles. The highest BCUT2D eigenvalue weighted by molar-refractivity contribution is 8.16. The molecule has 6 nitrogen and oxygen atoms in total. The van der Waals surface area contributed by atoms with E-state index in [0.29, 0.717) is 17.3 Å². The van der Waals surface area contributed by atoms with Crippen LogP contribution in [0.4, 0.5) is 0 Å². The Balaban J connectivity index is 1.69. The zero-order valence-electron chi connectivity index (χ0n) is 17.2. The molecule has 1 aromatic rings. The summed E-state index contributed by atoms with van der Waals surface area (Å²) in [5, 5.41) is 5.77. The van der Waals surface area contributed by atoms with Crippen molar-refractivity contribution in [3.8, 4) is 0 Å². The number of thioether (sulfide) groups is 1. The summed E-state index contributed by atoms with van der Waals surface area (Å²) in [6.07, 6.45) is 3.89. The third kappa shape index (κ3) is 4.21. The summed E-state index contributed by atoms with van der Waals surface area (Å²) in [6, 6.07) is 7.99. The fraction of sp³-hybridized carbons (Fsp3) is 0.348. The van der Waals surface area contributed by atoms with Gasteiger partial charge >= 0.3 is 5.97 Å². The first-order valence-electron chi connectivity index (χ1n) is 10.1. The third-order valence-corrected chi connectivity index (χ3v) is 6.12. The van der Waals surface area contributed by atoms with Crippen molar-refractivity contribution >= 4 is 28.8 Å². The lowest BCUT2D eigenvalue weighted by Gasteiger charge is -2.36. The molecule has 30 heavy (non-hydrogen) atoms. The minimum atomic E-state index is -0.417. The van der Waals surface area contributed by atoms with Crippen molar-refractivity contribution in [3.05, 3.63) is 70.4 Å². The predicted molar refractivity (Wildman–Crippen MR) is 119 cm³/mol. The van der Waals surface area contributed by atoms with E-state index in [1.165, 1.54) is 11.8 Å². The van der Waals surface area contributed by atoms with Crippen LogP contribution in [0.5, 0.6) is 0 Å². The van der Waals surface area contributed by atoms with Gasteiger partial charge < -0.3 is 15.0 Å². The first kappa shape index (κ1) is 20.5. The van der Waals surface area contributed by atoms with E-state index in [2.05, 4.69) is 16.9 Å². The van der Waals surface area contributed by atoms with Crippen molar-refractivity contribution in [3.63, 3.8) is 0 Å². The fourth-order valence-electron chi connectivity index (χ4n) is 3.58. The molecule has 3 aliphatic rings. The highest BCUT2D eigenvalue weighted by Gasteiger charge is 2.41. The Bertz CT molecular complexity index is 974. The zero-order chi connectivity index (χ0) is 21.3. The smallest absolute Gasteiger partial charge is 0.338 e. The van der Waals surface area contributed by atoms with Gasteiger partial charge in [0, 0.05) is 11.7 Å². The second-order valence-electron chi connectivity index (χ2n) is 7.71. The molecular formula is C23H25N3O3S. The van der Waals surface area contributed by atoms with E-state index in [-0.39, 0.29) is 18.9 Å². The average Bonchev–Trinajstić information content (AvgIpc) is 3.45. The molecule has 1 atom stereocenters. The van der Waals surface area contributed by atoms with E-state index in [1.54, 1.807) is 6.08 Å². The predicted octanol–water partition coefficient (Wildman–Crippen LogP) is 3.97. The summed E-state index contributed by atoms with van der Waals surface area (Å²) in [4.78, 5) is 32.1. The number of rotatable bonds is 7. The average molecular weight is 424 g/mol. The number of aliphatic imine (C=N–C) groups is 1. The van der Waals surface area contributed by atoms with Crippen molar-refractivity contribution in [1.82, 2.24) is 10.2 Å². The summed E-state index contributed by atoms with van der Waals surface area (Å²) in [7, 11) is 0. The Morgan fingerprint density at radius 3 is 2.70 bits per heavy atom. The number of nitrogens with one attached hydrogen (secondary N) is 1. The van der Waals surface area contributed by atoms with Crippen LogP contribution in [0.25, 0.3) is 0 Å². The number of benzene rings is 1. The standard InChI is InChI=1S/C23H25N3O3S/c1-4-11-29-22(28)20-15(3)24-23-26(21(20)16-7-5-14(2)6-8-16)18(13-30-23)12-19(27)25-17-9-10-17/h4-8,13,17,21H,1,9-12H2,2-3H3,(H,25,27). The maximum Gasteiger partial charge on any atom is 0.338 e. The zero-order valence-corrected chi connectivity index (χ0v) is 18.0. The molecule has 0 aromatic heterocycles. The van der Waals surface area contributed by atoms with Gasteiger partial charge in [-0.2, -0.15) is 0 Å². The van der Waals surface area contributed by atoms with Gasteiger partial charge in [-0.3, -0.25) is 4.79 Å². The number of aryl methyl sites for hydroxylation is 1. The quantitative estimate of drug-likeness (QED) is 0.531. The summed E-state index contributed by atoms with van der Waals surface area (Å²) in [5.74, 6) is -0.422. The summed E-state index contributed by atoms with van der Waals surface area (Å²) < 4.78 is 5.39. The van der Waals surface area contributed by atoms with E-state index in [0.717, 1.165) is 34.8 Å². The van der Waals surface area contributed by atoms with Crippen molar-refractivity contribution in [1.29, 1.82) is 0 Å². The molecule has 7 heteroatoms. The number of ether oxygens (including phenoxy) is 1. The van der Waals surface area contributed by atoms with Crippen LogP contribution in [0.3, 0.4) is 0 Å². The lowest BCUT2D eigenvalue weighted by atomic mass is 9.93. The molecule has 4 rings (SSSR count). The lowest BCUT2D eigenvalue weighted by Crippen LogP contribution is -2.38. The van der Waals surface area contributed by atoms with E-state index in [1.807, 2.05) is 48.4 Å². The molecule has 1 aromatic carbocycles. The minimum absolute atomic E-state index is 0.00434. The molecule has 156 valence electrons. The molecule has 1 saturated carbocycles. The maximum atomic E-state index is 13.0. The monoisotopic (exact) mass is 423 g/mol. The number of nitrogens with zero attached hydrogens (tertiary/aromatic N) is 2. The van der Waals surface area contributed by atoms with Gasteiger partial charge in [-0.25, -0.2) is 9.79 Å². The molecule has 1 aliphatic carbocycles. The van der Waals surface area contributed by atoms with Gasteiger partial charge in [0.15, 0.2) is 5.17 Å². The fourth-order valence-corrected chi connectivity index (χ4v) is 4.54. The largest absolute Gasteiger partial charge is 0.458 e. The van der Waals surface area contributed by atoms with Crippen molar-refractivity contribution < 1.29 is 14.3 Å². The SMILES string of the molecule is C=CCOC(=O)C1=C(C)N=C2SC=C(CC(=O)NC3CC3)N2C1c1ccc(C)cc1. The van der Waals surface area contributed by atoms with Crippen LogP contribution in [-0.4, -0.2) is 34.6 Å². The van der Waals surface area contributed by atoms with Gasteiger partial charge in [-0.1, -0.05) is 54.2 Å². The van der Waals surface area contributed by atoms with Gasteiger partial charge in [-0.15, -0.1) is 0 Å². The van der Waals surface area contributed by atoms with Crippen molar-refractivity contribution in [2.75, 3.05) is 6.61 Å². The third-order valence-electron chi connectivity index (χ3n) is 5.23. The number of amides is 1. The summed E-state index contributed by atoms with van der Waals surface area (Å²) in [6.45, 7) is 7.61. The van der Waals surface area contributed by atoms with Crippen LogP contribution in [-0.2, 0) is 14.3 Å². The van der Waals surface area contributed by atoms with E-state index in [9.17, 15) is 9.59 Å². The number of hydrogen-bond acceptors (Lipinski definition) is 6. The Labute approximate surface area is 180 Å². The number of allylic oxidation sites excluding steroid dienone is 1. The first-order chi connectivity index (χ1) is 14.5. The van der Waals surface area contributed by atoms with Gasteiger partial charge in [0.25, 0.3) is 0 Å². The van der Waals surface area contributed by atoms with Gasteiger partial charge in [-0.05, 0) is 37.7 Å². The van der Waals surface area contributed by atoms with Crippen molar-refractivity contribution in [2.24, 2.45) is 4.99 Å².